The molecule has 0 bridgehead atoms. The molecular formula is C21H19N5OS2. The molecule has 1 aliphatic heterocycles. The highest BCUT2D eigenvalue weighted by Gasteiger charge is 2.29. The lowest BCUT2D eigenvalue weighted by molar-refractivity contribution is 0.464. The van der Waals surface area contributed by atoms with Crippen molar-refractivity contribution in [2.24, 2.45) is 0 Å². The second kappa shape index (κ2) is 7.68. The summed E-state index contributed by atoms with van der Waals surface area (Å²) in [5.74, 6) is 3.27. The molecule has 5 rings (SSSR count). The van der Waals surface area contributed by atoms with Crippen molar-refractivity contribution in [1.82, 2.24) is 25.0 Å². The Balaban J connectivity index is 1.33. The lowest BCUT2D eigenvalue weighted by atomic mass is 10.1. The average molecular weight is 422 g/mol. The zero-order valence-corrected chi connectivity index (χ0v) is 17.7. The Bertz CT molecular complexity index is 1130. The van der Waals surface area contributed by atoms with Crippen molar-refractivity contribution in [2.75, 3.05) is 11.5 Å². The molecule has 1 atom stereocenters. The van der Waals surface area contributed by atoms with Crippen LogP contribution in [0.25, 0.3) is 22.8 Å². The largest absolute Gasteiger partial charge is 0.411 e. The third kappa shape index (κ3) is 3.70. The van der Waals surface area contributed by atoms with Gasteiger partial charge in [-0.05, 0) is 26.0 Å². The maximum absolute atomic E-state index is 5.92. The van der Waals surface area contributed by atoms with Gasteiger partial charge in [-0.25, -0.2) is 0 Å². The van der Waals surface area contributed by atoms with Gasteiger partial charge in [0.25, 0.3) is 5.22 Å². The predicted molar refractivity (Wildman–Crippen MR) is 115 cm³/mol. The lowest BCUT2D eigenvalue weighted by Gasteiger charge is -2.13. The van der Waals surface area contributed by atoms with Crippen molar-refractivity contribution < 1.29 is 4.42 Å². The summed E-state index contributed by atoms with van der Waals surface area (Å²) in [5, 5.41) is 18.8. The second-order valence-electron chi connectivity index (χ2n) is 7.07. The Kier molecular flexibility index (Phi) is 4.89. The van der Waals surface area contributed by atoms with Gasteiger partial charge < -0.3 is 4.42 Å². The first-order valence-corrected chi connectivity index (χ1v) is 11.3. The van der Waals surface area contributed by atoms with E-state index in [0.717, 1.165) is 33.6 Å². The number of hydrogen-bond donors (Lipinski definition) is 0. The summed E-state index contributed by atoms with van der Waals surface area (Å²) in [6, 6.07) is 16.7. The zero-order chi connectivity index (χ0) is 19.8. The standard InChI is InChI=1S/C21H19N5OS2/c1-13-8-14(2)10-16(9-13)19-23-25-21(27-19)29-12-17-11-28-20-24-22-18(26(17)20)15-6-4-3-5-7-15/h3-10,17H,11-12H2,1-2H3/t17-/m0/s1. The maximum atomic E-state index is 5.92. The Labute approximate surface area is 177 Å². The van der Waals surface area contributed by atoms with Crippen molar-refractivity contribution in [2.45, 2.75) is 30.3 Å². The molecule has 0 unspecified atom stereocenters. The quantitative estimate of drug-likeness (QED) is 0.418. The van der Waals surface area contributed by atoms with Crippen molar-refractivity contribution in [3.05, 3.63) is 59.7 Å². The molecule has 0 N–H and O–H groups in total. The van der Waals surface area contributed by atoms with Gasteiger partial charge in [-0.15, -0.1) is 20.4 Å². The first-order valence-electron chi connectivity index (χ1n) is 9.35. The molecule has 0 saturated heterocycles. The number of aromatic nitrogens is 5. The summed E-state index contributed by atoms with van der Waals surface area (Å²) in [5.41, 5.74) is 4.41. The van der Waals surface area contributed by atoms with Gasteiger partial charge in [-0.1, -0.05) is 71.0 Å². The average Bonchev–Trinajstić information content (AvgIpc) is 3.43. The Morgan fingerprint density at radius 3 is 2.59 bits per heavy atom. The predicted octanol–water partition coefficient (Wildman–Crippen LogP) is 5.05. The SMILES string of the molecule is Cc1cc(C)cc(-c2nnc(SC[C@@H]3CSc4nnc(-c5ccccc5)n43)o2)c1. The van der Waals surface area contributed by atoms with Crippen LogP contribution < -0.4 is 0 Å². The molecule has 0 fully saturated rings. The summed E-state index contributed by atoms with van der Waals surface area (Å²) in [7, 11) is 0. The van der Waals surface area contributed by atoms with E-state index in [2.05, 4.69) is 69.1 Å². The monoisotopic (exact) mass is 421 g/mol. The molecule has 1 aliphatic rings. The third-order valence-corrected chi connectivity index (χ3v) is 6.79. The number of thioether (sulfide) groups is 2. The van der Waals surface area contributed by atoms with Crippen LogP contribution in [0.5, 0.6) is 0 Å². The molecule has 2 aromatic carbocycles. The number of hydrogen-bond acceptors (Lipinski definition) is 7. The van der Waals surface area contributed by atoms with Crippen molar-refractivity contribution in [3.8, 4) is 22.8 Å². The van der Waals surface area contributed by atoms with E-state index in [1.54, 1.807) is 23.5 Å². The minimum atomic E-state index is 0.279. The fourth-order valence-electron chi connectivity index (χ4n) is 3.51. The molecule has 6 nitrogen and oxygen atoms in total. The van der Waals surface area contributed by atoms with Crippen LogP contribution in [-0.2, 0) is 0 Å². The van der Waals surface area contributed by atoms with Crippen LogP contribution in [0.3, 0.4) is 0 Å². The van der Waals surface area contributed by atoms with E-state index in [4.69, 9.17) is 4.42 Å². The summed E-state index contributed by atoms with van der Waals surface area (Å²) >= 11 is 3.32. The molecule has 0 aliphatic carbocycles. The maximum Gasteiger partial charge on any atom is 0.276 e. The van der Waals surface area contributed by atoms with Gasteiger partial charge in [-0.3, -0.25) is 4.57 Å². The van der Waals surface area contributed by atoms with Crippen LogP contribution in [0.2, 0.25) is 0 Å². The van der Waals surface area contributed by atoms with Crippen LogP contribution in [0.15, 0.2) is 63.3 Å². The van der Waals surface area contributed by atoms with E-state index in [-0.39, 0.29) is 6.04 Å². The van der Waals surface area contributed by atoms with E-state index in [9.17, 15) is 0 Å². The Hall–Kier alpha value is -2.58. The smallest absolute Gasteiger partial charge is 0.276 e. The lowest BCUT2D eigenvalue weighted by Crippen LogP contribution is -2.11. The van der Waals surface area contributed by atoms with Crippen LogP contribution in [-0.4, -0.2) is 36.5 Å². The van der Waals surface area contributed by atoms with Crippen LogP contribution in [0, 0.1) is 13.8 Å². The normalized spacial score (nSPS) is 15.6. The van der Waals surface area contributed by atoms with E-state index >= 15 is 0 Å². The van der Waals surface area contributed by atoms with Gasteiger partial charge in [-0.2, -0.15) is 0 Å². The zero-order valence-electron chi connectivity index (χ0n) is 16.1. The highest BCUT2D eigenvalue weighted by atomic mass is 32.2. The fourth-order valence-corrected chi connectivity index (χ4v) is 5.58. The van der Waals surface area contributed by atoms with Gasteiger partial charge >= 0.3 is 0 Å². The molecular weight excluding hydrogens is 402 g/mol. The first kappa shape index (κ1) is 18.4. The van der Waals surface area contributed by atoms with Gasteiger partial charge in [0.2, 0.25) is 5.89 Å². The topological polar surface area (TPSA) is 69.6 Å². The molecule has 2 aromatic heterocycles. The molecule has 0 radical (unpaired) electrons. The molecule has 0 spiro atoms. The Morgan fingerprint density at radius 2 is 1.79 bits per heavy atom. The van der Waals surface area contributed by atoms with E-state index < -0.39 is 0 Å². The van der Waals surface area contributed by atoms with Crippen LogP contribution in [0.4, 0.5) is 0 Å². The molecule has 3 heterocycles. The molecule has 0 saturated carbocycles. The number of rotatable bonds is 5. The molecule has 8 heteroatoms. The first-order chi connectivity index (χ1) is 14.2. The minimum Gasteiger partial charge on any atom is -0.411 e. The second-order valence-corrected chi connectivity index (χ2v) is 9.03. The van der Waals surface area contributed by atoms with E-state index in [1.807, 2.05) is 18.2 Å². The summed E-state index contributed by atoms with van der Waals surface area (Å²) < 4.78 is 8.15. The molecule has 146 valence electrons. The summed E-state index contributed by atoms with van der Waals surface area (Å²) in [4.78, 5) is 0. The Morgan fingerprint density at radius 1 is 1.00 bits per heavy atom. The van der Waals surface area contributed by atoms with Crippen molar-refractivity contribution in [1.29, 1.82) is 0 Å². The van der Waals surface area contributed by atoms with Gasteiger partial charge in [0, 0.05) is 22.6 Å². The van der Waals surface area contributed by atoms with Gasteiger partial charge in [0.1, 0.15) is 0 Å². The third-order valence-electron chi connectivity index (χ3n) is 4.74. The number of nitrogens with zero attached hydrogens (tertiary/aromatic N) is 5. The number of benzene rings is 2. The summed E-state index contributed by atoms with van der Waals surface area (Å²) in [6.07, 6.45) is 0. The highest BCUT2D eigenvalue weighted by molar-refractivity contribution is 8.00. The number of fused-ring (bicyclic) bond motifs is 1. The van der Waals surface area contributed by atoms with Gasteiger partial charge in [0.15, 0.2) is 11.0 Å². The van der Waals surface area contributed by atoms with Gasteiger partial charge in [0.05, 0.1) is 6.04 Å². The fraction of sp³-hybridized carbons (Fsp3) is 0.238. The van der Waals surface area contributed by atoms with Crippen molar-refractivity contribution >= 4 is 23.5 Å². The van der Waals surface area contributed by atoms with Crippen LogP contribution in [0.1, 0.15) is 17.2 Å². The molecule has 0 amide bonds. The van der Waals surface area contributed by atoms with Crippen molar-refractivity contribution in [3.63, 3.8) is 0 Å². The molecule has 29 heavy (non-hydrogen) atoms. The van der Waals surface area contributed by atoms with E-state index in [1.165, 1.54) is 11.1 Å². The molecule has 4 aromatic rings. The highest BCUT2D eigenvalue weighted by Crippen LogP contribution is 2.39. The number of aryl methyl sites for hydroxylation is 2. The summed E-state index contributed by atoms with van der Waals surface area (Å²) in [6.45, 7) is 4.14. The van der Waals surface area contributed by atoms with E-state index in [0.29, 0.717) is 11.1 Å². The van der Waals surface area contributed by atoms with Crippen LogP contribution >= 0.6 is 23.5 Å². The minimum absolute atomic E-state index is 0.279.